The van der Waals surface area contributed by atoms with E-state index in [1.54, 1.807) is 24.3 Å². The van der Waals surface area contributed by atoms with Gasteiger partial charge in [-0.3, -0.25) is 4.79 Å². The van der Waals surface area contributed by atoms with Gasteiger partial charge in [-0.15, -0.1) is 0 Å². The normalized spacial score (nSPS) is 10.0. The van der Waals surface area contributed by atoms with Gasteiger partial charge in [0.1, 0.15) is 0 Å². The maximum Gasteiger partial charge on any atom is 0.248 e. The fraction of sp³-hybridized carbons (Fsp3) is 0.125. The molecule has 0 aliphatic heterocycles. The van der Waals surface area contributed by atoms with Gasteiger partial charge in [0.25, 0.3) is 0 Å². The quantitative estimate of drug-likeness (QED) is 0.635. The van der Waals surface area contributed by atoms with Crippen molar-refractivity contribution in [1.29, 1.82) is 0 Å². The molecule has 5 N–H and O–H groups in total. The van der Waals surface area contributed by atoms with Crippen LogP contribution in [0.2, 0.25) is 0 Å². The molecular formula is C16H17N3O2S. The number of aliphatic hydroxyl groups is 1. The number of aliphatic hydroxyl groups excluding tert-OH is 1. The van der Waals surface area contributed by atoms with Crippen LogP contribution in [0.15, 0.2) is 48.5 Å². The number of rotatable bonds is 5. The molecule has 0 radical (unpaired) electrons. The zero-order valence-electron chi connectivity index (χ0n) is 11.9. The molecule has 0 aliphatic carbocycles. The summed E-state index contributed by atoms with van der Waals surface area (Å²) in [5, 5.41) is 15.5. The van der Waals surface area contributed by atoms with E-state index in [4.69, 9.17) is 23.1 Å². The zero-order valence-corrected chi connectivity index (χ0v) is 12.7. The molecule has 2 aromatic carbocycles. The second-order valence-electron chi connectivity index (χ2n) is 4.69. The van der Waals surface area contributed by atoms with Gasteiger partial charge in [0.2, 0.25) is 5.91 Å². The Balaban J connectivity index is 1.97. The number of nitrogens with one attached hydrogen (secondary N) is 2. The molecule has 0 fully saturated rings. The Morgan fingerprint density at radius 2 is 1.77 bits per heavy atom. The number of carbonyl (C=O) groups is 1. The van der Waals surface area contributed by atoms with E-state index in [0.29, 0.717) is 17.1 Å². The zero-order chi connectivity index (χ0) is 15.9. The van der Waals surface area contributed by atoms with Crippen LogP contribution in [-0.4, -0.2) is 22.7 Å². The summed E-state index contributed by atoms with van der Waals surface area (Å²) < 4.78 is 0. The molecule has 0 aliphatic rings. The SMILES string of the molecule is NC(=O)c1ccc(NC(=S)Nc2cccc(CCO)c2)cc1. The van der Waals surface area contributed by atoms with Gasteiger partial charge < -0.3 is 21.5 Å². The van der Waals surface area contributed by atoms with Crippen LogP contribution in [0.3, 0.4) is 0 Å². The molecular weight excluding hydrogens is 298 g/mol. The molecule has 0 aromatic heterocycles. The second kappa shape index (κ2) is 7.53. The van der Waals surface area contributed by atoms with Gasteiger partial charge in [0.15, 0.2) is 5.11 Å². The van der Waals surface area contributed by atoms with Gasteiger partial charge >= 0.3 is 0 Å². The Morgan fingerprint density at radius 1 is 1.09 bits per heavy atom. The van der Waals surface area contributed by atoms with Gasteiger partial charge in [-0.25, -0.2) is 0 Å². The molecule has 0 spiro atoms. The lowest BCUT2D eigenvalue weighted by Gasteiger charge is -2.11. The predicted octanol–water partition coefficient (Wildman–Crippen LogP) is 2.13. The van der Waals surface area contributed by atoms with Crippen molar-refractivity contribution in [1.82, 2.24) is 0 Å². The van der Waals surface area contributed by atoms with E-state index in [0.717, 1.165) is 16.9 Å². The van der Waals surface area contributed by atoms with E-state index in [9.17, 15) is 4.79 Å². The summed E-state index contributed by atoms with van der Waals surface area (Å²) >= 11 is 5.25. The fourth-order valence-electron chi connectivity index (χ4n) is 1.94. The van der Waals surface area contributed by atoms with Crippen LogP contribution in [0, 0.1) is 0 Å². The number of nitrogens with two attached hydrogens (primary N) is 1. The van der Waals surface area contributed by atoms with Crippen molar-refractivity contribution in [3.8, 4) is 0 Å². The number of amides is 1. The fourth-order valence-corrected chi connectivity index (χ4v) is 2.18. The van der Waals surface area contributed by atoms with E-state index in [1.807, 2.05) is 24.3 Å². The van der Waals surface area contributed by atoms with Gasteiger partial charge in [-0.05, 0) is 60.6 Å². The monoisotopic (exact) mass is 315 g/mol. The number of benzene rings is 2. The highest BCUT2D eigenvalue weighted by Gasteiger charge is 2.02. The van der Waals surface area contributed by atoms with E-state index in [2.05, 4.69) is 10.6 Å². The van der Waals surface area contributed by atoms with Crippen molar-refractivity contribution in [2.24, 2.45) is 5.73 Å². The first-order valence-corrected chi connectivity index (χ1v) is 7.17. The molecule has 22 heavy (non-hydrogen) atoms. The Morgan fingerprint density at radius 3 is 2.41 bits per heavy atom. The van der Waals surface area contributed by atoms with Crippen LogP contribution in [0.5, 0.6) is 0 Å². The van der Waals surface area contributed by atoms with Crippen LogP contribution in [0.4, 0.5) is 11.4 Å². The maximum atomic E-state index is 11.0. The summed E-state index contributed by atoms with van der Waals surface area (Å²) in [5.74, 6) is -0.465. The lowest BCUT2D eigenvalue weighted by molar-refractivity contribution is 0.100. The minimum absolute atomic E-state index is 0.109. The minimum Gasteiger partial charge on any atom is -0.396 e. The van der Waals surface area contributed by atoms with Crippen molar-refractivity contribution in [2.75, 3.05) is 17.2 Å². The predicted molar refractivity (Wildman–Crippen MR) is 92.0 cm³/mol. The molecule has 0 heterocycles. The summed E-state index contributed by atoms with van der Waals surface area (Å²) in [6, 6.07) is 14.4. The topological polar surface area (TPSA) is 87.4 Å². The second-order valence-corrected chi connectivity index (χ2v) is 5.10. The molecule has 6 heteroatoms. The third kappa shape index (κ3) is 4.54. The molecule has 1 amide bonds. The number of anilines is 2. The largest absolute Gasteiger partial charge is 0.396 e. The molecule has 2 aromatic rings. The lowest BCUT2D eigenvalue weighted by Crippen LogP contribution is -2.19. The number of primary amides is 1. The van der Waals surface area contributed by atoms with E-state index in [1.165, 1.54) is 0 Å². The standard InChI is InChI=1S/C16H17N3O2S/c17-15(21)12-4-6-13(7-5-12)18-16(22)19-14-3-1-2-11(10-14)8-9-20/h1-7,10,20H,8-9H2,(H2,17,21)(H2,18,19,22). The highest BCUT2D eigenvalue weighted by Crippen LogP contribution is 2.13. The molecule has 114 valence electrons. The summed E-state index contributed by atoms with van der Waals surface area (Å²) in [6.07, 6.45) is 0.601. The first-order valence-electron chi connectivity index (χ1n) is 6.76. The molecule has 2 rings (SSSR count). The summed E-state index contributed by atoms with van der Waals surface area (Å²) in [5.41, 5.74) is 8.27. The van der Waals surface area contributed by atoms with E-state index >= 15 is 0 Å². The number of carbonyl (C=O) groups excluding carboxylic acids is 1. The third-order valence-electron chi connectivity index (χ3n) is 3.01. The molecule has 0 saturated carbocycles. The van der Waals surface area contributed by atoms with Crippen LogP contribution in [0.1, 0.15) is 15.9 Å². The third-order valence-corrected chi connectivity index (χ3v) is 3.22. The minimum atomic E-state index is -0.465. The summed E-state index contributed by atoms with van der Waals surface area (Å²) in [6.45, 7) is 0.109. The Labute approximate surface area is 134 Å². The number of hydrogen-bond donors (Lipinski definition) is 4. The van der Waals surface area contributed by atoms with Crippen molar-refractivity contribution in [2.45, 2.75) is 6.42 Å². The Bertz CT molecular complexity index is 671. The van der Waals surface area contributed by atoms with Gasteiger partial charge in [0, 0.05) is 23.5 Å². The highest BCUT2D eigenvalue weighted by atomic mass is 32.1. The van der Waals surface area contributed by atoms with Gasteiger partial charge in [-0.2, -0.15) is 0 Å². The summed E-state index contributed by atoms with van der Waals surface area (Å²) in [7, 11) is 0. The number of hydrogen-bond acceptors (Lipinski definition) is 3. The van der Waals surface area contributed by atoms with Gasteiger partial charge in [-0.1, -0.05) is 12.1 Å². The molecule has 0 atom stereocenters. The van der Waals surface area contributed by atoms with E-state index in [-0.39, 0.29) is 6.61 Å². The van der Waals surface area contributed by atoms with Crippen LogP contribution in [0.25, 0.3) is 0 Å². The average molecular weight is 315 g/mol. The smallest absolute Gasteiger partial charge is 0.248 e. The van der Waals surface area contributed by atoms with Crippen molar-refractivity contribution in [3.05, 3.63) is 59.7 Å². The lowest BCUT2D eigenvalue weighted by atomic mass is 10.1. The molecule has 5 nitrogen and oxygen atoms in total. The number of thiocarbonyl (C=S) groups is 1. The molecule has 0 saturated heterocycles. The average Bonchev–Trinajstić information content (AvgIpc) is 2.48. The maximum absolute atomic E-state index is 11.0. The van der Waals surface area contributed by atoms with Crippen LogP contribution < -0.4 is 16.4 Å². The van der Waals surface area contributed by atoms with Crippen molar-refractivity contribution >= 4 is 34.6 Å². The van der Waals surface area contributed by atoms with Gasteiger partial charge in [0.05, 0.1) is 0 Å². The van der Waals surface area contributed by atoms with Crippen LogP contribution in [-0.2, 0) is 6.42 Å². The highest BCUT2D eigenvalue weighted by molar-refractivity contribution is 7.80. The van der Waals surface area contributed by atoms with E-state index < -0.39 is 5.91 Å². The summed E-state index contributed by atoms with van der Waals surface area (Å²) in [4.78, 5) is 11.0. The Kier molecular flexibility index (Phi) is 5.46. The first-order chi connectivity index (χ1) is 10.6. The molecule has 0 bridgehead atoms. The van der Waals surface area contributed by atoms with Crippen molar-refractivity contribution < 1.29 is 9.90 Å². The molecule has 0 unspecified atom stereocenters. The Hall–Kier alpha value is -2.44. The first kappa shape index (κ1) is 15.9. The van der Waals surface area contributed by atoms with Crippen LogP contribution >= 0.6 is 12.2 Å². The van der Waals surface area contributed by atoms with Crippen molar-refractivity contribution in [3.63, 3.8) is 0 Å².